The predicted molar refractivity (Wildman–Crippen MR) is 381 cm³/mol. The van der Waals surface area contributed by atoms with E-state index in [1.165, 1.54) is 263 Å². The number of nitrogens with zero attached hydrogens (tertiary/aromatic N) is 3. The van der Waals surface area contributed by atoms with E-state index in [1.54, 1.807) is 30.5 Å². The maximum Gasteiger partial charge on any atom is 0.344 e. The molecule has 0 aliphatic carbocycles. The van der Waals surface area contributed by atoms with Gasteiger partial charge in [0.1, 0.15) is 18.9 Å². The van der Waals surface area contributed by atoms with Crippen LogP contribution < -0.4 is 30.4 Å². The molecule has 1 fully saturated rings. The molecule has 16 nitrogen and oxygen atoms in total. The summed E-state index contributed by atoms with van der Waals surface area (Å²) in [6.45, 7) is 11.8. The van der Waals surface area contributed by atoms with Gasteiger partial charge in [-0.15, -0.1) is 0 Å². The molecule has 2 unspecified atom stereocenters. The van der Waals surface area contributed by atoms with Crippen molar-refractivity contribution in [2.75, 3.05) is 51.4 Å². The molecule has 1 aliphatic rings. The molecule has 0 saturated carbocycles. The number of amides is 1. The minimum absolute atomic E-state index is 0.00502. The minimum atomic E-state index is -0.736. The molecule has 3 N–H and O–H groups in total. The zero-order valence-corrected chi connectivity index (χ0v) is 59.8. The van der Waals surface area contributed by atoms with Crippen LogP contribution in [0.2, 0.25) is 0 Å². The third-order valence-electron chi connectivity index (χ3n) is 18.3. The van der Waals surface area contributed by atoms with E-state index in [9.17, 15) is 19.2 Å². The lowest BCUT2D eigenvalue weighted by atomic mass is 10.0. The van der Waals surface area contributed by atoms with E-state index >= 15 is 0 Å². The number of aromatic amines is 1. The zero-order valence-electron chi connectivity index (χ0n) is 59.8. The van der Waals surface area contributed by atoms with Gasteiger partial charge in [-0.05, 0) is 31.4 Å². The average Bonchev–Trinajstić information content (AvgIpc) is 1.70. The number of carbonyl (C=O) groups excluding carboxylic acids is 3. The van der Waals surface area contributed by atoms with E-state index in [2.05, 4.69) is 46.4 Å². The molecule has 3 heterocycles. The molecule has 3 aromatic rings. The van der Waals surface area contributed by atoms with E-state index in [0.717, 1.165) is 51.4 Å². The van der Waals surface area contributed by atoms with E-state index < -0.39 is 36.4 Å². The zero-order chi connectivity index (χ0) is 66.5. The van der Waals surface area contributed by atoms with Crippen LogP contribution >= 0.6 is 0 Å². The number of benzene rings is 1. The number of unbranched alkanes of at least 4 members (excludes halogenated alkanes) is 45. The number of esters is 2. The monoisotopic (exact) mass is 1300 g/mol. The molecular formula is C77H134N6O10. The number of imidazole rings is 1. The predicted octanol–water partition coefficient (Wildman–Crippen LogP) is 20.5. The van der Waals surface area contributed by atoms with E-state index in [1.807, 2.05) is 0 Å². The lowest BCUT2D eigenvalue weighted by Gasteiger charge is -2.31. The third kappa shape index (κ3) is 38.0. The molecule has 0 bridgehead atoms. The first-order valence-electron chi connectivity index (χ1n) is 38.7. The summed E-state index contributed by atoms with van der Waals surface area (Å²) in [7, 11) is 0. The Morgan fingerprint density at radius 1 is 0.527 bits per heavy atom. The summed E-state index contributed by atoms with van der Waals surface area (Å²) in [5, 5.41) is 5.93. The molecule has 16 heteroatoms. The van der Waals surface area contributed by atoms with Gasteiger partial charge in [-0.25, -0.2) is 14.6 Å². The minimum Gasteiger partial charge on any atom is -0.490 e. The highest BCUT2D eigenvalue weighted by atomic mass is 16.6. The highest BCUT2D eigenvalue weighted by Gasteiger charge is 2.28. The van der Waals surface area contributed by atoms with Crippen LogP contribution in [0.1, 0.15) is 359 Å². The van der Waals surface area contributed by atoms with Gasteiger partial charge in [0, 0.05) is 19.0 Å². The molecule has 1 aliphatic heterocycles. The number of anilines is 1. The maximum atomic E-state index is 14.0. The van der Waals surface area contributed by atoms with Gasteiger partial charge in [-0.2, -0.15) is 4.98 Å². The molecule has 1 aromatic carbocycles. The van der Waals surface area contributed by atoms with Crippen molar-refractivity contribution in [2.24, 2.45) is 5.92 Å². The van der Waals surface area contributed by atoms with Gasteiger partial charge in [-0.3, -0.25) is 24.5 Å². The van der Waals surface area contributed by atoms with Crippen LogP contribution in [0.3, 0.4) is 0 Å². The molecule has 0 spiro atoms. The second-order valence-corrected chi connectivity index (χ2v) is 27.3. The van der Waals surface area contributed by atoms with Crippen molar-refractivity contribution < 1.29 is 42.8 Å². The Morgan fingerprint density at radius 2 is 0.903 bits per heavy atom. The SMILES string of the molecule is CCCCCCCCCCCCCCCCCCOc1cc(C(=O)OCC(=O)OCC2CNCC(n3cnc4c(=O)[nH]c(NC(=O)C(C)C)nc43)O2)cc(OCCCCCCCCCCCCCCCCCC)c1OCCCCCCCCCCCCCCCCCC. The number of carbonyl (C=O) groups is 3. The Labute approximate surface area is 564 Å². The van der Waals surface area contributed by atoms with Crippen molar-refractivity contribution in [2.45, 2.75) is 355 Å². The van der Waals surface area contributed by atoms with Gasteiger partial charge < -0.3 is 33.7 Å². The Bertz CT molecular complexity index is 2350. The highest BCUT2D eigenvalue weighted by Crippen LogP contribution is 2.40. The second kappa shape index (κ2) is 54.4. The number of morpholine rings is 1. The van der Waals surface area contributed by atoms with Gasteiger partial charge in [0.05, 0.1) is 31.7 Å². The fourth-order valence-electron chi connectivity index (χ4n) is 12.4. The van der Waals surface area contributed by atoms with Crippen molar-refractivity contribution >= 4 is 35.0 Å². The Morgan fingerprint density at radius 3 is 1.29 bits per heavy atom. The molecule has 0 radical (unpaired) electrons. The van der Waals surface area contributed by atoms with Gasteiger partial charge in [0.25, 0.3) is 5.56 Å². The largest absolute Gasteiger partial charge is 0.490 e. The van der Waals surface area contributed by atoms with Crippen molar-refractivity contribution in [3.8, 4) is 17.2 Å². The second-order valence-electron chi connectivity index (χ2n) is 27.3. The van der Waals surface area contributed by atoms with Gasteiger partial charge in [0.2, 0.25) is 17.6 Å². The van der Waals surface area contributed by atoms with Crippen LogP contribution in [0.5, 0.6) is 17.2 Å². The van der Waals surface area contributed by atoms with Gasteiger partial charge in [0.15, 0.2) is 29.3 Å². The van der Waals surface area contributed by atoms with Gasteiger partial charge in [-0.1, -0.05) is 324 Å². The molecule has 2 atom stereocenters. The van der Waals surface area contributed by atoms with Crippen LogP contribution in [-0.2, 0) is 23.8 Å². The molecule has 1 amide bonds. The standard InChI is InChI=1S/C77H134N6O10/c1-6-9-12-15-18-21-24-27-30-33-36-39-42-45-48-51-54-88-67-57-65(76(87)92-62-70(84)91-61-66-59-78-60-69(93-66)83-63-79-71-73(83)80-77(82-75(71)86)81-74(85)64(4)5)58-68(89-55-52-49-46-43-40-37-34-31-28-25-22-19-16-13-10-7-2)72(67)90-56-53-50-47-44-41-38-35-32-29-26-23-20-17-14-11-8-3/h57-58,63-64,66,69,78H,6-56,59-62H2,1-5H3,(H2,80,81,82,85,86). The topological polar surface area (TPSA) is 194 Å². The van der Waals surface area contributed by atoms with Crippen LogP contribution in [0.4, 0.5) is 5.95 Å². The Balaban J connectivity index is 1.34. The molecule has 532 valence electrons. The van der Waals surface area contributed by atoms with E-state index in [4.69, 9.17) is 28.4 Å². The average molecular weight is 1300 g/mol. The summed E-state index contributed by atoms with van der Waals surface area (Å²) in [6.07, 6.45) is 62.1. The first-order chi connectivity index (χ1) is 45.6. The number of hydrogen-bond acceptors (Lipinski definition) is 13. The maximum absolute atomic E-state index is 14.0. The van der Waals surface area contributed by atoms with Crippen LogP contribution in [0.25, 0.3) is 11.2 Å². The van der Waals surface area contributed by atoms with E-state index in [0.29, 0.717) is 50.2 Å². The van der Waals surface area contributed by atoms with Crippen LogP contribution in [-0.4, -0.2) is 89.6 Å². The Hall–Kier alpha value is -4.70. The van der Waals surface area contributed by atoms with E-state index in [-0.39, 0.29) is 41.1 Å². The van der Waals surface area contributed by atoms with Crippen LogP contribution in [0.15, 0.2) is 23.3 Å². The summed E-state index contributed by atoms with van der Waals surface area (Å²) in [5.74, 6) is -0.641. The number of H-pyrrole nitrogens is 1. The smallest absolute Gasteiger partial charge is 0.344 e. The summed E-state index contributed by atoms with van der Waals surface area (Å²) in [5.41, 5.74) is 0.0190. The highest BCUT2D eigenvalue weighted by molar-refractivity contribution is 5.92. The first-order valence-corrected chi connectivity index (χ1v) is 38.7. The summed E-state index contributed by atoms with van der Waals surface area (Å²) in [4.78, 5) is 63.8. The fraction of sp³-hybridized carbons (Fsp3) is 0.818. The lowest BCUT2D eigenvalue weighted by Crippen LogP contribution is -2.45. The lowest BCUT2D eigenvalue weighted by molar-refractivity contribution is -0.157. The number of hydrogen-bond donors (Lipinski definition) is 3. The Kier molecular flexibility index (Phi) is 47.2. The van der Waals surface area contributed by atoms with Crippen molar-refractivity contribution in [1.29, 1.82) is 0 Å². The van der Waals surface area contributed by atoms with Crippen molar-refractivity contribution in [3.05, 3.63) is 34.4 Å². The van der Waals surface area contributed by atoms with Crippen LogP contribution in [0, 0.1) is 5.92 Å². The number of nitrogens with one attached hydrogen (secondary N) is 3. The van der Waals surface area contributed by atoms with Crippen molar-refractivity contribution in [3.63, 3.8) is 0 Å². The van der Waals surface area contributed by atoms with Gasteiger partial charge >= 0.3 is 11.9 Å². The molecule has 4 rings (SSSR count). The number of ether oxygens (including phenoxy) is 6. The molecule has 1 saturated heterocycles. The number of fused-ring (bicyclic) bond motifs is 1. The number of rotatable bonds is 62. The first kappa shape index (κ1) is 80.7. The number of aromatic nitrogens is 4. The summed E-state index contributed by atoms with van der Waals surface area (Å²) in [6, 6.07) is 3.35. The molecule has 2 aromatic heterocycles. The van der Waals surface area contributed by atoms with Crippen molar-refractivity contribution in [1.82, 2.24) is 24.8 Å². The normalized spacial score (nSPS) is 14.1. The summed E-state index contributed by atoms with van der Waals surface area (Å²) >= 11 is 0. The quantitative estimate of drug-likeness (QED) is 0.0357. The third-order valence-corrected chi connectivity index (χ3v) is 18.3. The summed E-state index contributed by atoms with van der Waals surface area (Å²) < 4.78 is 38.9. The fourth-order valence-corrected chi connectivity index (χ4v) is 12.4. The molecular weight excluding hydrogens is 1170 g/mol. The molecule has 93 heavy (non-hydrogen) atoms.